The molecule has 176 valence electrons. The van der Waals surface area contributed by atoms with Gasteiger partial charge in [0.05, 0.1) is 0 Å². The Morgan fingerprint density at radius 3 is 2.09 bits per heavy atom. The van der Waals surface area contributed by atoms with E-state index in [1.807, 2.05) is 6.07 Å². The average Bonchev–Trinajstić information content (AvgIpc) is 3.12. The number of hydrogen-bond donors (Lipinski definition) is 2. The van der Waals surface area contributed by atoms with E-state index in [1.165, 1.54) is 24.8 Å². The molecule has 0 amide bonds. The first-order valence-corrected chi connectivity index (χ1v) is 19.7. The van der Waals surface area contributed by atoms with Crippen molar-refractivity contribution in [2.75, 3.05) is 0 Å². The second-order valence-electron chi connectivity index (χ2n) is 9.64. The van der Waals surface area contributed by atoms with E-state index in [9.17, 15) is 4.79 Å². The Hall–Kier alpha value is -2.27. The van der Waals surface area contributed by atoms with Crippen molar-refractivity contribution in [3.63, 3.8) is 0 Å². The number of carbonyl (C=O) groups excluding carboxylic acids is 1. The quantitative estimate of drug-likeness (QED) is 0.297. The number of pyridine rings is 2. The van der Waals surface area contributed by atoms with Gasteiger partial charge in [0, 0.05) is 0 Å². The summed E-state index contributed by atoms with van der Waals surface area (Å²) >= 11 is -5.06. The van der Waals surface area contributed by atoms with Crippen LogP contribution in [-0.2, 0) is 11.2 Å². The third-order valence-electron chi connectivity index (χ3n) is 7.44. The van der Waals surface area contributed by atoms with Crippen LogP contribution in [0.5, 0.6) is 0 Å². The molecule has 5 nitrogen and oxygen atoms in total. The summed E-state index contributed by atoms with van der Waals surface area (Å²) in [6.45, 7) is 0. The second-order valence-corrected chi connectivity index (χ2v) is 22.1. The molecular weight excluding hydrogens is 618 g/mol. The molecule has 3 N–H and O–H groups in total. The van der Waals surface area contributed by atoms with Crippen LogP contribution in [-0.4, -0.2) is 9.53 Å². The van der Waals surface area contributed by atoms with Crippen molar-refractivity contribution in [2.45, 2.75) is 57.4 Å². The maximum atomic E-state index is 14.6. The SMILES string of the molecule is N[At]1(NC2CCCCC2)(C(=O)CCCc2ccccc2)[n+]2cccc3ccc4ccc[n+]1c4c32. The molecule has 0 saturated heterocycles. The van der Waals surface area contributed by atoms with Gasteiger partial charge in [0.15, 0.2) is 0 Å². The van der Waals surface area contributed by atoms with Crippen molar-refractivity contribution in [2.24, 2.45) is 3.68 Å². The molecule has 6 rings (SSSR count). The van der Waals surface area contributed by atoms with Crippen LogP contribution in [0.4, 0.5) is 0 Å². The first-order valence-electron chi connectivity index (χ1n) is 12.4. The summed E-state index contributed by atoms with van der Waals surface area (Å²) in [5, 5.41) is 2.28. The molecule has 0 bridgehead atoms. The number of benzene rings is 2. The summed E-state index contributed by atoms with van der Waals surface area (Å²) in [4.78, 5) is 14.6. The normalized spacial score (nSPS) is 19.9. The molecule has 2 aromatic carbocycles. The molecule has 34 heavy (non-hydrogen) atoms. The van der Waals surface area contributed by atoms with Crippen molar-refractivity contribution in [3.8, 4) is 0 Å². The Morgan fingerprint density at radius 2 is 1.47 bits per heavy atom. The van der Waals surface area contributed by atoms with Gasteiger partial charge in [-0.3, -0.25) is 0 Å². The number of nitrogens with zero attached hydrogens (tertiary/aromatic N) is 2. The zero-order valence-electron chi connectivity index (χ0n) is 19.5. The molecule has 0 atom stereocenters. The summed E-state index contributed by atoms with van der Waals surface area (Å²) in [6.07, 6.45) is 12.1. The topological polar surface area (TPSA) is 62.9 Å². The fourth-order valence-electron chi connectivity index (χ4n) is 5.73. The first kappa shape index (κ1) is 22.2. The van der Waals surface area contributed by atoms with Gasteiger partial charge in [0.25, 0.3) is 0 Å². The Balaban J connectivity index is 1.49. The van der Waals surface area contributed by atoms with Gasteiger partial charge in [0.1, 0.15) is 0 Å². The van der Waals surface area contributed by atoms with Crippen LogP contribution in [0.2, 0.25) is 0 Å². The summed E-state index contributed by atoms with van der Waals surface area (Å²) in [7, 11) is 0. The van der Waals surface area contributed by atoms with Gasteiger partial charge >= 0.3 is 204 Å². The predicted octanol–water partition coefficient (Wildman–Crippen LogP) is 4.06. The zero-order chi connectivity index (χ0) is 23.2. The Morgan fingerprint density at radius 1 is 0.853 bits per heavy atom. The van der Waals surface area contributed by atoms with Crippen LogP contribution in [0.3, 0.4) is 0 Å². The summed E-state index contributed by atoms with van der Waals surface area (Å²) in [5.41, 5.74) is 3.47. The van der Waals surface area contributed by atoms with Crippen molar-refractivity contribution in [1.29, 1.82) is 0 Å². The van der Waals surface area contributed by atoms with Crippen LogP contribution in [0.25, 0.3) is 21.8 Å². The van der Waals surface area contributed by atoms with Gasteiger partial charge in [-0.1, -0.05) is 0 Å². The van der Waals surface area contributed by atoms with Crippen LogP contribution in [0, 0.1) is 19.9 Å². The Labute approximate surface area is 203 Å². The third kappa shape index (κ3) is 3.26. The Kier molecular flexibility index (Phi) is 5.52. The van der Waals surface area contributed by atoms with Crippen molar-refractivity contribution in [1.82, 2.24) is 3.26 Å². The van der Waals surface area contributed by atoms with E-state index in [-0.39, 0.29) is 9.53 Å². The van der Waals surface area contributed by atoms with Gasteiger partial charge < -0.3 is 0 Å². The van der Waals surface area contributed by atoms with Crippen LogP contribution < -0.4 is 12.0 Å². The second kappa shape index (κ2) is 8.44. The van der Waals surface area contributed by atoms with Gasteiger partial charge in [0.2, 0.25) is 0 Å². The minimum atomic E-state index is -5.06. The number of nitrogens with one attached hydrogen (secondary N) is 1. The van der Waals surface area contributed by atoms with Gasteiger partial charge in [-0.05, 0) is 0 Å². The number of carbonyl (C=O) groups is 1. The van der Waals surface area contributed by atoms with Crippen molar-refractivity contribution >= 4 is 25.3 Å². The maximum absolute atomic E-state index is 14.6. The number of aromatic nitrogens is 2. The number of aryl methyl sites for hydroxylation is 1. The molecule has 6 heteroatoms. The van der Waals surface area contributed by atoms with Crippen molar-refractivity contribution in [3.05, 3.63) is 84.7 Å². The van der Waals surface area contributed by atoms with Crippen LogP contribution in [0.1, 0.15) is 50.5 Å². The monoisotopic (exact) mass is 651 g/mol. The van der Waals surface area contributed by atoms with E-state index in [4.69, 9.17) is 3.68 Å². The average molecular weight is 652 g/mol. The number of nitrogens with two attached hydrogens (primary N) is 1. The summed E-state index contributed by atoms with van der Waals surface area (Å²) < 4.78 is 16.4. The fourth-order valence-corrected chi connectivity index (χ4v) is 20.8. The number of hydrogen-bond acceptors (Lipinski definition) is 3. The van der Waals surface area contributed by atoms with E-state index in [1.54, 1.807) is 0 Å². The number of rotatable bonds is 7. The molecule has 2 aromatic heterocycles. The van der Waals surface area contributed by atoms with E-state index in [2.05, 4.69) is 81.3 Å². The van der Waals surface area contributed by atoms with Crippen LogP contribution in [0.15, 0.2) is 79.1 Å². The van der Waals surface area contributed by atoms with E-state index < -0.39 is 19.9 Å². The van der Waals surface area contributed by atoms with Crippen molar-refractivity contribution < 1.29 is 29.8 Å². The molecule has 0 unspecified atom stereocenters. The first-order chi connectivity index (χ1) is 16.6. The van der Waals surface area contributed by atoms with E-state index >= 15 is 0 Å². The molecule has 1 fully saturated rings. The van der Waals surface area contributed by atoms with Crippen LogP contribution >= 0.6 is 0 Å². The summed E-state index contributed by atoms with van der Waals surface area (Å²) in [5.74, 6) is 0. The zero-order valence-corrected chi connectivity index (χ0v) is 22.4. The van der Waals surface area contributed by atoms with Gasteiger partial charge in [-0.2, -0.15) is 0 Å². The van der Waals surface area contributed by atoms with Gasteiger partial charge in [-0.15, -0.1) is 0 Å². The summed E-state index contributed by atoms with van der Waals surface area (Å²) in [6, 6.07) is 23.4. The molecule has 1 aliphatic carbocycles. The minimum absolute atomic E-state index is 0.210. The standard InChI is InChI=1S/C28H33AtN4O/c30-29(31-25-15-5-2-6-16-25,26(34)17-7-12-22-10-3-1-4-11-22)32-20-8-13-23-18-19-24-14-9-21-33(29)28(24)27(23)32/h1,3-4,8-11,13-14,18-21,25,31H,2,5-7,12,15-17,30H2/q+2. The Bertz CT molecular complexity index is 1340. The van der Waals surface area contributed by atoms with Gasteiger partial charge in [-0.25, -0.2) is 0 Å². The molecular formula is C28H33AtN4O+2. The third-order valence-corrected chi connectivity index (χ3v) is 22.2. The molecule has 3 heterocycles. The molecule has 2 aliphatic rings. The molecule has 1 aliphatic heterocycles. The molecule has 4 aromatic rings. The molecule has 0 spiro atoms. The van der Waals surface area contributed by atoms with E-state index in [0.29, 0.717) is 6.42 Å². The molecule has 0 radical (unpaired) electrons. The molecule has 1 saturated carbocycles. The predicted molar refractivity (Wildman–Crippen MR) is 131 cm³/mol. The fraction of sp³-hybridized carbons (Fsp3) is 0.321. The van der Waals surface area contributed by atoms with E-state index in [0.717, 1.165) is 47.5 Å².